The van der Waals surface area contributed by atoms with Gasteiger partial charge in [-0.2, -0.15) is 0 Å². The molecule has 6 heteroatoms. The number of carbonyl (C=O) groups excluding carboxylic acids is 1. The van der Waals surface area contributed by atoms with Crippen LogP contribution in [0.5, 0.6) is 0 Å². The van der Waals surface area contributed by atoms with Crippen molar-refractivity contribution in [3.63, 3.8) is 0 Å². The molecule has 124 valence electrons. The zero-order chi connectivity index (χ0) is 17.8. The number of amides is 1. The van der Waals surface area contributed by atoms with Crippen molar-refractivity contribution in [3.8, 4) is 11.1 Å². The van der Waals surface area contributed by atoms with E-state index in [9.17, 15) is 14.7 Å². The molecule has 0 bridgehead atoms. The highest BCUT2D eigenvalue weighted by molar-refractivity contribution is 9.10. The third-order valence-electron chi connectivity index (χ3n) is 3.57. The summed E-state index contributed by atoms with van der Waals surface area (Å²) < 4.78 is 0.670. The molecule has 0 radical (unpaired) electrons. The second kappa shape index (κ2) is 7.27. The third kappa shape index (κ3) is 3.92. The Morgan fingerprint density at radius 2 is 1.72 bits per heavy atom. The van der Waals surface area contributed by atoms with Gasteiger partial charge in [0.05, 0.1) is 16.8 Å². The Bertz CT molecular complexity index is 942. The Labute approximate surface area is 152 Å². The van der Waals surface area contributed by atoms with Gasteiger partial charge in [-0.15, -0.1) is 0 Å². The molecule has 1 aromatic heterocycles. The minimum Gasteiger partial charge on any atom is -0.478 e. The zero-order valence-electron chi connectivity index (χ0n) is 12.9. The molecule has 2 N–H and O–H groups in total. The lowest BCUT2D eigenvalue weighted by Crippen LogP contribution is -2.15. The van der Waals surface area contributed by atoms with Crippen molar-refractivity contribution < 1.29 is 14.7 Å². The fourth-order valence-corrected chi connectivity index (χ4v) is 2.71. The quantitative estimate of drug-likeness (QED) is 0.681. The molecule has 0 atom stereocenters. The van der Waals surface area contributed by atoms with Crippen molar-refractivity contribution in [2.24, 2.45) is 0 Å². The summed E-state index contributed by atoms with van der Waals surface area (Å²) in [4.78, 5) is 27.9. The number of nitrogens with one attached hydrogen (secondary N) is 1. The summed E-state index contributed by atoms with van der Waals surface area (Å²) in [5.41, 5.74) is 2.33. The highest BCUT2D eigenvalue weighted by Crippen LogP contribution is 2.23. The van der Waals surface area contributed by atoms with Crippen LogP contribution in [-0.4, -0.2) is 22.0 Å². The normalized spacial score (nSPS) is 10.3. The van der Waals surface area contributed by atoms with Gasteiger partial charge < -0.3 is 10.4 Å². The smallest absolute Gasteiger partial charge is 0.337 e. The molecule has 0 fully saturated rings. The lowest BCUT2D eigenvalue weighted by molar-refractivity contribution is 0.0698. The number of halogens is 1. The Morgan fingerprint density at radius 1 is 0.960 bits per heavy atom. The molecule has 1 heterocycles. The molecule has 0 saturated heterocycles. The van der Waals surface area contributed by atoms with E-state index in [2.05, 4.69) is 26.2 Å². The molecular weight excluding hydrogens is 384 g/mol. The predicted octanol–water partition coefficient (Wildman–Crippen LogP) is 4.46. The monoisotopic (exact) mass is 396 g/mol. The van der Waals surface area contributed by atoms with Crippen molar-refractivity contribution >= 4 is 33.5 Å². The molecule has 0 saturated carbocycles. The van der Waals surface area contributed by atoms with Crippen LogP contribution in [-0.2, 0) is 0 Å². The molecule has 2 aromatic carbocycles. The van der Waals surface area contributed by atoms with Crippen molar-refractivity contribution in [2.75, 3.05) is 5.32 Å². The Morgan fingerprint density at radius 3 is 2.44 bits per heavy atom. The van der Waals surface area contributed by atoms with Crippen LogP contribution in [0.15, 0.2) is 71.5 Å². The highest BCUT2D eigenvalue weighted by Gasteiger charge is 2.15. The maximum absolute atomic E-state index is 12.5. The van der Waals surface area contributed by atoms with Crippen LogP contribution in [0.1, 0.15) is 20.7 Å². The van der Waals surface area contributed by atoms with Crippen molar-refractivity contribution in [1.82, 2.24) is 4.98 Å². The number of carboxylic acids is 1. The largest absolute Gasteiger partial charge is 0.478 e. The van der Waals surface area contributed by atoms with Gasteiger partial charge in [-0.05, 0) is 29.8 Å². The van der Waals surface area contributed by atoms with Crippen LogP contribution in [0.4, 0.5) is 5.69 Å². The standard InChI is InChI=1S/C19H13BrN2O3/c20-15-6-7-16(19(24)25)17(9-15)22-18(23)14-8-13(10-21-11-14)12-4-2-1-3-5-12/h1-11H,(H,22,23)(H,24,25). The fraction of sp³-hybridized carbons (Fsp3) is 0. The highest BCUT2D eigenvalue weighted by atomic mass is 79.9. The number of anilines is 1. The van der Waals surface area contributed by atoms with E-state index in [0.717, 1.165) is 11.1 Å². The van der Waals surface area contributed by atoms with E-state index in [4.69, 9.17) is 0 Å². The van der Waals surface area contributed by atoms with Gasteiger partial charge in [-0.3, -0.25) is 9.78 Å². The molecule has 0 aliphatic heterocycles. The number of nitrogens with zero attached hydrogens (tertiary/aromatic N) is 1. The van der Waals surface area contributed by atoms with E-state index < -0.39 is 11.9 Å². The van der Waals surface area contributed by atoms with Gasteiger partial charge in [0.25, 0.3) is 5.91 Å². The predicted molar refractivity (Wildman–Crippen MR) is 98.7 cm³/mol. The van der Waals surface area contributed by atoms with Gasteiger partial charge in [-0.25, -0.2) is 4.79 Å². The van der Waals surface area contributed by atoms with Crippen molar-refractivity contribution in [3.05, 3.63) is 82.6 Å². The van der Waals surface area contributed by atoms with E-state index in [1.807, 2.05) is 30.3 Å². The van der Waals surface area contributed by atoms with Crippen LogP contribution in [0.25, 0.3) is 11.1 Å². The number of aromatic carboxylic acids is 1. The fourth-order valence-electron chi connectivity index (χ4n) is 2.35. The average Bonchev–Trinajstić information content (AvgIpc) is 2.62. The molecule has 3 rings (SSSR count). The van der Waals surface area contributed by atoms with Gasteiger partial charge in [0.1, 0.15) is 0 Å². The average molecular weight is 397 g/mol. The minimum atomic E-state index is -1.11. The molecular formula is C19H13BrN2O3. The summed E-state index contributed by atoms with van der Waals surface area (Å²) in [5.74, 6) is -1.54. The first-order valence-corrected chi connectivity index (χ1v) is 8.18. The van der Waals surface area contributed by atoms with Crippen LogP contribution in [0.2, 0.25) is 0 Å². The molecule has 0 unspecified atom stereocenters. The van der Waals surface area contributed by atoms with Crippen LogP contribution >= 0.6 is 15.9 Å². The number of benzene rings is 2. The number of hydrogen-bond donors (Lipinski definition) is 2. The van der Waals surface area contributed by atoms with Crippen molar-refractivity contribution in [1.29, 1.82) is 0 Å². The van der Waals surface area contributed by atoms with E-state index in [1.165, 1.54) is 12.3 Å². The first-order chi connectivity index (χ1) is 12.0. The summed E-state index contributed by atoms with van der Waals surface area (Å²) in [6.45, 7) is 0. The second-order valence-electron chi connectivity index (χ2n) is 5.28. The number of carbonyl (C=O) groups is 2. The summed E-state index contributed by atoms with van der Waals surface area (Å²) in [5, 5.41) is 11.9. The SMILES string of the molecule is O=C(Nc1cc(Br)ccc1C(=O)O)c1cncc(-c2ccccc2)c1. The van der Waals surface area contributed by atoms with Gasteiger partial charge >= 0.3 is 5.97 Å². The number of pyridine rings is 1. The van der Waals surface area contributed by atoms with Gasteiger partial charge in [0.15, 0.2) is 0 Å². The van der Waals surface area contributed by atoms with E-state index in [0.29, 0.717) is 10.0 Å². The lowest BCUT2D eigenvalue weighted by Gasteiger charge is -2.10. The number of carboxylic acid groups (broad SMARTS) is 1. The third-order valence-corrected chi connectivity index (χ3v) is 4.06. The van der Waals surface area contributed by atoms with Crippen molar-refractivity contribution in [2.45, 2.75) is 0 Å². The molecule has 5 nitrogen and oxygen atoms in total. The van der Waals surface area contributed by atoms with Gasteiger partial charge in [0, 0.05) is 22.4 Å². The molecule has 25 heavy (non-hydrogen) atoms. The Balaban J connectivity index is 1.90. The maximum atomic E-state index is 12.5. The minimum absolute atomic E-state index is 0.0173. The number of hydrogen-bond acceptors (Lipinski definition) is 3. The summed E-state index contributed by atoms with van der Waals surface area (Å²) in [7, 11) is 0. The number of rotatable bonds is 4. The van der Waals surface area contributed by atoms with Crippen LogP contribution < -0.4 is 5.32 Å². The zero-order valence-corrected chi connectivity index (χ0v) is 14.5. The van der Waals surface area contributed by atoms with Gasteiger partial charge in [-0.1, -0.05) is 46.3 Å². The summed E-state index contributed by atoms with van der Waals surface area (Å²) in [6, 6.07) is 15.9. The number of aromatic nitrogens is 1. The van der Waals surface area contributed by atoms with Gasteiger partial charge in [0.2, 0.25) is 0 Å². The summed E-state index contributed by atoms with van der Waals surface area (Å²) >= 11 is 3.28. The molecule has 0 spiro atoms. The van der Waals surface area contributed by atoms with E-state index in [1.54, 1.807) is 24.4 Å². The Hall–Kier alpha value is -2.99. The topological polar surface area (TPSA) is 79.3 Å². The maximum Gasteiger partial charge on any atom is 0.337 e. The first kappa shape index (κ1) is 16.9. The Kier molecular flexibility index (Phi) is 4.90. The van der Waals surface area contributed by atoms with E-state index >= 15 is 0 Å². The summed E-state index contributed by atoms with van der Waals surface area (Å²) in [6.07, 6.45) is 3.12. The lowest BCUT2D eigenvalue weighted by atomic mass is 10.1. The molecule has 0 aliphatic carbocycles. The first-order valence-electron chi connectivity index (χ1n) is 7.39. The molecule has 0 aliphatic rings. The molecule has 3 aromatic rings. The second-order valence-corrected chi connectivity index (χ2v) is 6.19. The molecule has 1 amide bonds. The van der Waals surface area contributed by atoms with Crippen LogP contribution in [0, 0.1) is 0 Å². The van der Waals surface area contributed by atoms with E-state index in [-0.39, 0.29) is 11.3 Å². The van der Waals surface area contributed by atoms with Crippen LogP contribution in [0.3, 0.4) is 0 Å².